The Morgan fingerprint density at radius 3 is 2.61 bits per heavy atom. The molecular weight excluding hydrogens is 258 g/mol. The van der Waals surface area contributed by atoms with Gasteiger partial charge in [-0.3, -0.25) is 19.8 Å². The number of nitrogens with two attached hydrogens (primary N) is 1. The van der Waals surface area contributed by atoms with Gasteiger partial charge in [-0.25, -0.2) is 9.88 Å². The van der Waals surface area contributed by atoms with E-state index < -0.39 is 17.7 Å². The van der Waals surface area contributed by atoms with Crippen molar-refractivity contribution in [2.24, 2.45) is 5.73 Å². The molecule has 18 heavy (non-hydrogen) atoms. The summed E-state index contributed by atoms with van der Waals surface area (Å²) in [5.74, 6) is -2.08. The molecular formula is C9H9N5O3S. The second-order valence-corrected chi connectivity index (χ2v) is 4.36. The van der Waals surface area contributed by atoms with Crippen LogP contribution in [0, 0.1) is 5.41 Å². The Morgan fingerprint density at radius 1 is 1.44 bits per heavy atom. The third kappa shape index (κ3) is 2.20. The third-order valence-electron chi connectivity index (χ3n) is 2.22. The first-order chi connectivity index (χ1) is 8.49. The summed E-state index contributed by atoms with van der Waals surface area (Å²) < 4.78 is 0. The van der Waals surface area contributed by atoms with E-state index >= 15 is 0 Å². The third-order valence-corrected chi connectivity index (χ3v) is 2.98. The first-order valence-corrected chi connectivity index (χ1v) is 5.83. The van der Waals surface area contributed by atoms with E-state index in [1.807, 2.05) is 0 Å². The van der Waals surface area contributed by atoms with Gasteiger partial charge in [-0.15, -0.1) is 11.3 Å². The predicted molar refractivity (Wildman–Crippen MR) is 63.1 cm³/mol. The smallest absolute Gasteiger partial charge is 0.286 e. The quantitative estimate of drug-likeness (QED) is 0.384. The maximum atomic E-state index is 11.9. The molecule has 1 aliphatic heterocycles. The molecule has 0 saturated carbocycles. The van der Waals surface area contributed by atoms with E-state index in [4.69, 9.17) is 11.1 Å². The number of hydrogen-bond acceptors (Lipinski definition) is 6. The van der Waals surface area contributed by atoms with Crippen molar-refractivity contribution in [1.82, 2.24) is 9.88 Å². The molecule has 0 atom stereocenters. The lowest BCUT2D eigenvalue weighted by Crippen LogP contribution is -2.35. The average Bonchev–Trinajstić information content (AvgIpc) is 2.85. The number of likely N-dealkylation sites (tertiary alicyclic amines) is 1. The normalized spacial score (nSPS) is 15.0. The number of nitrogens with zero attached hydrogens (tertiary/aromatic N) is 2. The Kier molecular flexibility index (Phi) is 3.06. The summed E-state index contributed by atoms with van der Waals surface area (Å²) in [5, 5.41) is 11.1. The fourth-order valence-electron chi connectivity index (χ4n) is 1.46. The van der Waals surface area contributed by atoms with Gasteiger partial charge in [-0.05, 0) is 0 Å². The topological polar surface area (TPSA) is 129 Å². The summed E-state index contributed by atoms with van der Waals surface area (Å²) in [6, 6.07) is 0. The minimum Gasteiger partial charge on any atom is -0.370 e. The molecule has 1 aromatic rings. The van der Waals surface area contributed by atoms with E-state index in [1.54, 1.807) is 0 Å². The Morgan fingerprint density at radius 2 is 2.06 bits per heavy atom. The second-order valence-electron chi connectivity index (χ2n) is 3.50. The number of carbonyl (C=O) groups excluding carboxylic acids is 3. The van der Waals surface area contributed by atoms with Gasteiger partial charge in [0.1, 0.15) is 5.69 Å². The molecule has 0 bridgehead atoms. The molecule has 2 heterocycles. The minimum atomic E-state index is -0.740. The van der Waals surface area contributed by atoms with Crippen molar-refractivity contribution in [3.05, 3.63) is 11.1 Å². The number of anilines is 1. The molecule has 0 spiro atoms. The summed E-state index contributed by atoms with van der Waals surface area (Å²) in [5.41, 5.74) is 5.09. The molecule has 2 rings (SSSR count). The fourth-order valence-corrected chi connectivity index (χ4v) is 2.16. The van der Waals surface area contributed by atoms with Crippen LogP contribution in [-0.2, 0) is 9.59 Å². The number of guanidine groups is 1. The van der Waals surface area contributed by atoms with Gasteiger partial charge in [0, 0.05) is 18.2 Å². The Bertz CT molecular complexity index is 536. The van der Waals surface area contributed by atoms with Gasteiger partial charge in [0.25, 0.3) is 5.91 Å². The lowest BCUT2D eigenvalue weighted by Gasteiger charge is -2.09. The molecule has 0 aromatic carbocycles. The molecule has 8 nitrogen and oxygen atoms in total. The summed E-state index contributed by atoms with van der Waals surface area (Å²) >= 11 is 1.05. The summed E-state index contributed by atoms with van der Waals surface area (Å²) in [4.78, 5) is 39.1. The standard InChI is InChI=1S/C9H9N5O3S/c10-8(11)13-9-12-4(3-18-9)7(17)14-5(15)1-2-6(14)16/h3H,1-2H2,(H4,10,11,12,13). The van der Waals surface area contributed by atoms with Crippen LogP contribution in [0.1, 0.15) is 23.3 Å². The number of thiazole rings is 1. The van der Waals surface area contributed by atoms with Crippen molar-refractivity contribution < 1.29 is 14.4 Å². The molecule has 0 radical (unpaired) electrons. The van der Waals surface area contributed by atoms with Gasteiger partial charge in [0.2, 0.25) is 11.8 Å². The second kappa shape index (κ2) is 4.53. The monoisotopic (exact) mass is 267 g/mol. The molecule has 9 heteroatoms. The molecule has 4 N–H and O–H groups in total. The van der Waals surface area contributed by atoms with Gasteiger partial charge >= 0.3 is 0 Å². The Balaban J connectivity index is 2.18. The highest BCUT2D eigenvalue weighted by Gasteiger charge is 2.35. The highest BCUT2D eigenvalue weighted by atomic mass is 32.1. The van der Waals surface area contributed by atoms with E-state index in [0.717, 1.165) is 11.3 Å². The van der Waals surface area contributed by atoms with Crippen molar-refractivity contribution in [1.29, 1.82) is 5.41 Å². The van der Waals surface area contributed by atoms with Crippen LogP contribution in [-0.4, -0.2) is 33.6 Å². The number of nitrogens with one attached hydrogen (secondary N) is 2. The van der Waals surface area contributed by atoms with E-state index in [0.29, 0.717) is 4.90 Å². The zero-order valence-electron chi connectivity index (χ0n) is 9.10. The zero-order valence-corrected chi connectivity index (χ0v) is 9.91. The van der Waals surface area contributed by atoms with E-state index in [2.05, 4.69) is 10.3 Å². The van der Waals surface area contributed by atoms with E-state index in [1.165, 1.54) is 5.38 Å². The summed E-state index contributed by atoms with van der Waals surface area (Å²) in [6.07, 6.45) is 0.0977. The van der Waals surface area contributed by atoms with Crippen molar-refractivity contribution in [3.8, 4) is 0 Å². The van der Waals surface area contributed by atoms with Crippen LogP contribution in [0.25, 0.3) is 0 Å². The molecule has 1 fully saturated rings. The fraction of sp³-hybridized carbons (Fsp3) is 0.222. The first-order valence-electron chi connectivity index (χ1n) is 4.95. The van der Waals surface area contributed by atoms with Gasteiger partial charge < -0.3 is 11.1 Å². The lowest BCUT2D eigenvalue weighted by molar-refractivity contribution is -0.135. The van der Waals surface area contributed by atoms with Gasteiger partial charge in [0.15, 0.2) is 11.1 Å². The Labute approximate surface area is 105 Å². The highest BCUT2D eigenvalue weighted by molar-refractivity contribution is 7.14. The van der Waals surface area contributed by atoms with Gasteiger partial charge in [0.05, 0.1) is 0 Å². The molecule has 94 valence electrons. The lowest BCUT2D eigenvalue weighted by atomic mass is 10.4. The first kappa shape index (κ1) is 12.2. The SMILES string of the molecule is N=C(N)Nc1nc(C(=O)N2C(=O)CCC2=O)cs1. The molecule has 0 aliphatic carbocycles. The van der Waals surface area contributed by atoms with Crippen LogP contribution in [0.4, 0.5) is 5.13 Å². The Hall–Kier alpha value is -2.29. The summed E-state index contributed by atoms with van der Waals surface area (Å²) in [6.45, 7) is 0. The van der Waals surface area contributed by atoms with Crippen LogP contribution >= 0.6 is 11.3 Å². The van der Waals surface area contributed by atoms with E-state index in [-0.39, 0.29) is 29.6 Å². The number of carbonyl (C=O) groups is 3. The van der Waals surface area contributed by atoms with Crippen molar-refractivity contribution >= 4 is 40.1 Å². The molecule has 3 amide bonds. The minimum absolute atomic E-state index is 0.0210. The van der Waals surface area contributed by atoms with Crippen molar-refractivity contribution in [2.75, 3.05) is 5.32 Å². The van der Waals surface area contributed by atoms with Crippen LogP contribution < -0.4 is 11.1 Å². The highest BCUT2D eigenvalue weighted by Crippen LogP contribution is 2.20. The number of hydrogen-bond donors (Lipinski definition) is 3. The number of amides is 3. The van der Waals surface area contributed by atoms with Crippen molar-refractivity contribution in [2.45, 2.75) is 12.8 Å². The van der Waals surface area contributed by atoms with Crippen LogP contribution in [0.5, 0.6) is 0 Å². The molecule has 1 aromatic heterocycles. The molecule has 0 unspecified atom stereocenters. The van der Waals surface area contributed by atoms with Crippen LogP contribution in [0.15, 0.2) is 5.38 Å². The number of rotatable bonds is 2. The number of imide groups is 3. The molecule has 1 aliphatic rings. The van der Waals surface area contributed by atoms with Crippen LogP contribution in [0.2, 0.25) is 0 Å². The zero-order chi connectivity index (χ0) is 13.3. The molecule has 1 saturated heterocycles. The maximum absolute atomic E-state index is 11.9. The van der Waals surface area contributed by atoms with Crippen molar-refractivity contribution in [3.63, 3.8) is 0 Å². The van der Waals surface area contributed by atoms with Crippen LogP contribution in [0.3, 0.4) is 0 Å². The predicted octanol–water partition coefficient (Wildman–Crippen LogP) is -0.262. The summed E-state index contributed by atoms with van der Waals surface area (Å²) in [7, 11) is 0. The maximum Gasteiger partial charge on any atom is 0.286 e. The number of aromatic nitrogens is 1. The van der Waals surface area contributed by atoms with Gasteiger partial charge in [-0.1, -0.05) is 0 Å². The van der Waals surface area contributed by atoms with E-state index in [9.17, 15) is 14.4 Å². The average molecular weight is 267 g/mol. The van der Waals surface area contributed by atoms with Gasteiger partial charge in [-0.2, -0.15) is 0 Å². The largest absolute Gasteiger partial charge is 0.370 e.